The normalized spacial score (nSPS) is 15.6. The van der Waals surface area contributed by atoms with Gasteiger partial charge in [0, 0.05) is 43.4 Å². The fourth-order valence-electron chi connectivity index (χ4n) is 10.4. The van der Waals surface area contributed by atoms with Gasteiger partial charge in [-0.05, 0) is 82.0 Å². The van der Waals surface area contributed by atoms with Crippen LogP contribution in [0, 0.1) is 5.41 Å². The van der Waals surface area contributed by atoms with Gasteiger partial charge in [-0.15, -0.1) is 0 Å². The first-order chi connectivity index (χ1) is 29.0. The molecule has 7 aromatic carbocycles. The average Bonchev–Trinajstić information content (AvgIpc) is 3.94. The number of hydrogen-bond donors (Lipinski definition) is 0. The Balaban J connectivity index is 1.17. The van der Waals surface area contributed by atoms with Crippen LogP contribution in [0.1, 0.15) is 52.7 Å². The zero-order chi connectivity index (χ0) is 40.7. The van der Waals surface area contributed by atoms with E-state index in [2.05, 4.69) is 160 Å². The van der Waals surface area contributed by atoms with Crippen LogP contribution in [0.2, 0.25) is 0 Å². The van der Waals surface area contributed by atoms with Crippen LogP contribution in [0.3, 0.4) is 0 Å². The molecule has 0 amide bonds. The summed E-state index contributed by atoms with van der Waals surface area (Å²) in [6.07, 6.45) is 0. The first-order valence-corrected chi connectivity index (χ1v) is 20.9. The number of aromatic nitrogens is 5. The maximum Gasteiger partial charge on any atom is 0.238 e. The van der Waals surface area contributed by atoms with Gasteiger partial charge < -0.3 is 8.98 Å². The summed E-state index contributed by atoms with van der Waals surface area (Å²) in [5.74, 6) is 1.77. The number of fused-ring (bicyclic) bond motifs is 10. The van der Waals surface area contributed by atoms with Crippen LogP contribution < -0.4 is 0 Å². The largest absolute Gasteiger partial charge is 0.456 e. The molecule has 0 atom stereocenters. The molecule has 4 heterocycles. The van der Waals surface area contributed by atoms with E-state index in [0.717, 1.165) is 60.4 Å². The molecule has 6 nitrogen and oxygen atoms in total. The number of nitrogens with zero attached hydrogens (tertiary/aromatic N) is 5. The summed E-state index contributed by atoms with van der Waals surface area (Å²) < 4.78 is 11.0. The van der Waals surface area contributed by atoms with Crippen LogP contribution >= 0.6 is 0 Å². The third-order valence-corrected chi connectivity index (χ3v) is 14.7. The Morgan fingerprint density at radius 2 is 1.02 bits per heavy atom. The van der Waals surface area contributed by atoms with Crippen LogP contribution in [-0.4, -0.2) is 24.1 Å². The molecule has 12 rings (SSSR count). The van der Waals surface area contributed by atoms with E-state index in [1.54, 1.807) is 0 Å². The van der Waals surface area contributed by atoms with Crippen molar-refractivity contribution in [1.82, 2.24) is 24.1 Å². The lowest BCUT2D eigenvalue weighted by atomic mass is 9.59. The molecule has 0 bridgehead atoms. The highest BCUT2D eigenvalue weighted by molar-refractivity contribution is 6.19. The third kappa shape index (κ3) is 4.56. The van der Waals surface area contributed by atoms with E-state index in [-0.39, 0.29) is 16.2 Å². The van der Waals surface area contributed by atoms with Gasteiger partial charge in [0.25, 0.3) is 0 Å². The Hall–Kier alpha value is -7.05. The maximum absolute atomic E-state index is 6.21. The first kappa shape index (κ1) is 34.9. The first-order valence-electron chi connectivity index (χ1n) is 20.9. The molecule has 6 heteroatoms. The van der Waals surface area contributed by atoms with E-state index in [1.807, 2.05) is 42.5 Å². The third-order valence-electron chi connectivity index (χ3n) is 14.7. The van der Waals surface area contributed by atoms with E-state index in [4.69, 9.17) is 19.4 Å². The summed E-state index contributed by atoms with van der Waals surface area (Å²) >= 11 is 0. The number of furan rings is 1. The van der Waals surface area contributed by atoms with Crippen LogP contribution in [0.5, 0.6) is 0 Å². The van der Waals surface area contributed by atoms with Crippen LogP contribution in [0.25, 0.3) is 100.0 Å². The molecule has 0 aliphatic heterocycles. The van der Waals surface area contributed by atoms with Crippen LogP contribution in [0.4, 0.5) is 0 Å². The fourth-order valence-corrected chi connectivity index (χ4v) is 10.4. The summed E-state index contributed by atoms with van der Waals surface area (Å²) in [7, 11) is 0. The van der Waals surface area contributed by atoms with E-state index in [1.165, 1.54) is 33.1 Å². The molecule has 290 valence electrons. The second-order valence-electron chi connectivity index (χ2n) is 18.1. The van der Waals surface area contributed by atoms with E-state index in [0.29, 0.717) is 17.6 Å². The van der Waals surface area contributed by atoms with E-state index in [9.17, 15) is 0 Å². The number of para-hydroxylation sites is 3. The van der Waals surface area contributed by atoms with Gasteiger partial charge in [-0.2, -0.15) is 9.97 Å². The van der Waals surface area contributed by atoms with Crippen molar-refractivity contribution in [3.8, 4) is 34.4 Å². The molecule has 0 radical (unpaired) electrons. The minimum Gasteiger partial charge on any atom is -0.456 e. The summed E-state index contributed by atoms with van der Waals surface area (Å²) in [5.41, 5.74) is 11.9. The zero-order valence-electron chi connectivity index (χ0n) is 34.6. The zero-order valence-corrected chi connectivity index (χ0v) is 34.6. The smallest absolute Gasteiger partial charge is 0.238 e. The molecule has 0 N–H and O–H groups in total. The Kier molecular flexibility index (Phi) is 7.00. The number of benzene rings is 7. The predicted molar refractivity (Wildman–Crippen MR) is 246 cm³/mol. The molecule has 0 saturated carbocycles. The number of hydrogen-bond acceptors (Lipinski definition) is 4. The molecule has 0 unspecified atom stereocenters. The summed E-state index contributed by atoms with van der Waals surface area (Å²) in [6, 6.07) is 53.8. The highest BCUT2D eigenvalue weighted by Crippen LogP contribution is 2.63. The molecule has 0 saturated heterocycles. The lowest BCUT2D eigenvalue weighted by Crippen LogP contribution is -2.42. The Morgan fingerprint density at radius 1 is 0.417 bits per heavy atom. The summed E-state index contributed by atoms with van der Waals surface area (Å²) in [4.78, 5) is 15.8. The van der Waals surface area contributed by atoms with Gasteiger partial charge >= 0.3 is 0 Å². The monoisotopic (exact) mass is 777 g/mol. The predicted octanol–water partition coefficient (Wildman–Crippen LogP) is 13.9. The highest BCUT2D eigenvalue weighted by Gasteiger charge is 2.57. The lowest BCUT2D eigenvalue weighted by molar-refractivity contribution is 0.125. The Labute approximate surface area is 347 Å². The topological polar surface area (TPSA) is 61.7 Å². The summed E-state index contributed by atoms with van der Waals surface area (Å²) in [6.45, 7) is 14.6. The van der Waals surface area contributed by atoms with Crippen molar-refractivity contribution in [3.05, 3.63) is 163 Å². The second kappa shape index (κ2) is 12.0. The fraction of sp³-hybridized carbons (Fsp3) is 0.167. The van der Waals surface area contributed by atoms with E-state index < -0.39 is 0 Å². The van der Waals surface area contributed by atoms with Crippen molar-refractivity contribution in [2.75, 3.05) is 0 Å². The van der Waals surface area contributed by atoms with Crippen molar-refractivity contribution in [2.24, 2.45) is 5.41 Å². The molecule has 1 aliphatic rings. The molecule has 11 aromatic rings. The van der Waals surface area contributed by atoms with Gasteiger partial charge in [-0.25, -0.2) is 4.98 Å². The molecule has 1 aliphatic carbocycles. The van der Waals surface area contributed by atoms with E-state index >= 15 is 0 Å². The average molecular weight is 778 g/mol. The van der Waals surface area contributed by atoms with Gasteiger partial charge in [-0.3, -0.25) is 4.57 Å². The van der Waals surface area contributed by atoms with Crippen LogP contribution in [0.15, 0.2) is 156 Å². The quantitative estimate of drug-likeness (QED) is 0.179. The lowest BCUT2D eigenvalue weighted by Gasteiger charge is -2.44. The minimum atomic E-state index is -0.0972. The minimum absolute atomic E-state index is 0.0129. The van der Waals surface area contributed by atoms with Gasteiger partial charge in [0.2, 0.25) is 5.95 Å². The Bertz CT molecular complexity index is 3580. The van der Waals surface area contributed by atoms with Gasteiger partial charge in [0.15, 0.2) is 11.6 Å². The van der Waals surface area contributed by atoms with Crippen molar-refractivity contribution >= 4 is 65.6 Å². The summed E-state index contributed by atoms with van der Waals surface area (Å²) in [5, 5.41) is 6.83. The van der Waals surface area contributed by atoms with Crippen molar-refractivity contribution in [1.29, 1.82) is 0 Å². The second-order valence-corrected chi connectivity index (χ2v) is 18.1. The standard InChI is InChI=1S/C54H43N5O/c1-52(2)40-22-16-25-43(48(40)53(3,4)54(52,5)6)58-41-23-13-10-19-34(41)37-30-38-35-20-11-14-24-42(35)59(45(38)31-44(37)58)51-56-49(32-17-8-7-9-18-32)55-50(57-51)33-27-28-47-39(29-33)36-21-12-15-26-46(36)60-47/h7-31H,1-6H3. The molecule has 0 spiro atoms. The van der Waals surface area contributed by atoms with Crippen molar-refractivity contribution < 1.29 is 4.42 Å². The molecular formula is C54H43N5O. The molecule has 60 heavy (non-hydrogen) atoms. The highest BCUT2D eigenvalue weighted by atomic mass is 16.3. The number of rotatable bonds is 4. The van der Waals surface area contributed by atoms with Crippen molar-refractivity contribution in [3.63, 3.8) is 0 Å². The molecule has 4 aromatic heterocycles. The molecular weight excluding hydrogens is 735 g/mol. The van der Waals surface area contributed by atoms with Crippen molar-refractivity contribution in [2.45, 2.75) is 52.4 Å². The SMILES string of the molecule is CC1(C)c2cccc(-n3c4ccccc4c4cc5c6ccccc6n(-c6nc(-c7ccccc7)nc(-c7ccc8oc9ccccc9c8c7)n6)c5cc43)c2C(C)(C)C1(C)C. The van der Waals surface area contributed by atoms with Gasteiger partial charge in [0.1, 0.15) is 11.2 Å². The van der Waals surface area contributed by atoms with Crippen LogP contribution in [-0.2, 0) is 10.8 Å². The van der Waals surface area contributed by atoms with Gasteiger partial charge in [0.05, 0.1) is 27.8 Å². The van der Waals surface area contributed by atoms with Gasteiger partial charge in [-0.1, -0.05) is 139 Å². The molecule has 0 fully saturated rings. The maximum atomic E-state index is 6.21. The Morgan fingerprint density at radius 3 is 1.75 bits per heavy atom.